The van der Waals surface area contributed by atoms with Crippen LogP contribution in [0.5, 0.6) is 0 Å². The summed E-state index contributed by atoms with van der Waals surface area (Å²) in [6.07, 6.45) is 1.96. The highest BCUT2D eigenvalue weighted by molar-refractivity contribution is 5.98. The first-order valence-electron chi connectivity index (χ1n) is 8.96. The van der Waals surface area contributed by atoms with Crippen molar-refractivity contribution in [2.75, 3.05) is 18.5 Å². The van der Waals surface area contributed by atoms with Crippen molar-refractivity contribution in [3.8, 4) is 0 Å². The standard InChI is InChI=1S/C19H26N2O5/c1-3-19(4-2,18(24)25)12-20-16(22)13-7-5-8-14(11-13)21-17(23)15-9-6-10-26-15/h5,7-8,11,15H,3-4,6,9-10,12H2,1-2H3,(H,20,22)(H,21,23)(H,24,25). The SMILES string of the molecule is CCC(CC)(CNC(=O)c1cccc(NC(=O)C2CCCO2)c1)C(=O)O. The number of carboxylic acid groups (broad SMARTS) is 1. The second-order valence-corrected chi connectivity index (χ2v) is 6.55. The highest BCUT2D eigenvalue weighted by atomic mass is 16.5. The summed E-state index contributed by atoms with van der Waals surface area (Å²) in [7, 11) is 0. The van der Waals surface area contributed by atoms with Gasteiger partial charge in [-0.2, -0.15) is 0 Å². The number of hydrogen-bond donors (Lipinski definition) is 3. The van der Waals surface area contributed by atoms with Crippen molar-refractivity contribution >= 4 is 23.5 Å². The minimum Gasteiger partial charge on any atom is -0.481 e. The van der Waals surface area contributed by atoms with E-state index in [0.29, 0.717) is 37.1 Å². The highest BCUT2D eigenvalue weighted by Gasteiger charge is 2.35. The second-order valence-electron chi connectivity index (χ2n) is 6.55. The maximum atomic E-state index is 12.4. The number of carboxylic acids is 1. The van der Waals surface area contributed by atoms with Crippen molar-refractivity contribution in [2.24, 2.45) is 5.41 Å². The van der Waals surface area contributed by atoms with Crippen LogP contribution in [0.4, 0.5) is 5.69 Å². The lowest BCUT2D eigenvalue weighted by atomic mass is 9.82. The van der Waals surface area contributed by atoms with E-state index in [1.807, 2.05) is 0 Å². The Labute approximate surface area is 153 Å². The van der Waals surface area contributed by atoms with Crippen LogP contribution in [-0.2, 0) is 14.3 Å². The number of carbonyl (C=O) groups is 3. The van der Waals surface area contributed by atoms with Crippen LogP contribution >= 0.6 is 0 Å². The predicted octanol–water partition coefficient (Wildman–Crippen LogP) is 2.42. The molecule has 0 bridgehead atoms. The van der Waals surface area contributed by atoms with E-state index in [-0.39, 0.29) is 18.4 Å². The van der Waals surface area contributed by atoms with Crippen LogP contribution in [0.2, 0.25) is 0 Å². The predicted molar refractivity (Wildman–Crippen MR) is 97.0 cm³/mol. The highest BCUT2D eigenvalue weighted by Crippen LogP contribution is 2.26. The van der Waals surface area contributed by atoms with Crippen LogP contribution in [0.25, 0.3) is 0 Å². The molecule has 0 radical (unpaired) electrons. The van der Waals surface area contributed by atoms with Gasteiger partial charge in [0.15, 0.2) is 0 Å². The molecule has 26 heavy (non-hydrogen) atoms. The maximum absolute atomic E-state index is 12.4. The zero-order chi connectivity index (χ0) is 19.2. The number of anilines is 1. The summed E-state index contributed by atoms with van der Waals surface area (Å²) in [6.45, 7) is 4.23. The van der Waals surface area contributed by atoms with E-state index in [0.717, 1.165) is 6.42 Å². The van der Waals surface area contributed by atoms with Gasteiger partial charge in [0.2, 0.25) is 0 Å². The summed E-state index contributed by atoms with van der Waals surface area (Å²) < 4.78 is 5.34. The van der Waals surface area contributed by atoms with Crippen molar-refractivity contribution in [3.63, 3.8) is 0 Å². The number of benzene rings is 1. The number of hydrogen-bond acceptors (Lipinski definition) is 4. The minimum atomic E-state index is -0.971. The Bertz CT molecular complexity index is 664. The van der Waals surface area contributed by atoms with Crippen molar-refractivity contribution in [1.29, 1.82) is 0 Å². The van der Waals surface area contributed by atoms with Gasteiger partial charge in [0, 0.05) is 24.4 Å². The second kappa shape index (κ2) is 8.80. The first-order chi connectivity index (χ1) is 12.4. The Morgan fingerprint density at radius 2 is 2.00 bits per heavy atom. The van der Waals surface area contributed by atoms with Crippen molar-refractivity contribution in [3.05, 3.63) is 29.8 Å². The third kappa shape index (κ3) is 4.60. The lowest BCUT2D eigenvalue weighted by Gasteiger charge is -2.26. The molecular weight excluding hydrogens is 336 g/mol. The molecule has 1 atom stereocenters. The molecule has 2 rings (SSSR count). The van der Waals surface area contributed by atoms with Gasteiger partial charge in [-0.15, -0.1) is 0 Å². The molecular formula is C19H26N2O5. The van der Waals surface area contributed by atoms with Gasteiger partial charge >= 0.3 is 5.97 Å². The average Bonchev–Trinajstić information content (AvgIpc) is 3.17. The van der Waals surface area contributed by atoms with Crippen LogP contribution in [0.15, 0.2) is 24.3 Å². The van der Waals surface area contributed by atoms with Gasteiger partial charge < -0.3 is 20.5 Å². The van der Waals surface area contributed by atoms with Crippen LogP contribution in [0.3, 0.4) is 0 Å². The molecule has 1 aliphatic rings. The van der Waals surface area contributed by atoms with Crippen LogP contribution in [-0.4, -0.2) is 42.1 Å². The molecule has 0 spiro atoms. The zero-order valence-electron chi connectivity index (χ0n) is 15.2. The molecule has 1 saturated heterocycles. The number of carbonyl (C=O) groups excluding carboxylic acids is 2. The van der Waals surface area contributed by atoms with Crippen molar-refractivity contribution in [1.82, 2.24) is 5.32 Å². The molecule has 1 aliphatic heterocycles. The minimum absolute atomic E-state index is 0.0562. The number of aliphatic carboxylic acids is 1. The lowest BCUT2D eigenvalue weighted by molar-refractivity contribution is -0.149. The van der Waals surface area contributed by atoms with E-state index in [1.165, 1.54) is 0 Å². The Kier molecular flexibility index (Phi) is 6.74. The number of ether oxygens (including phenoxy) is 1. The molecule has 0 saturated carbocycles. The average molecular weight is 362 g/mol. The van der Waals surface area contributed by atoms with Gasteiger partial charge in [0.25, 0.3) is 11.8 Å². The normalized spacial score (nSPS) is 16.9. The van der Waals surface area contributed by atoms with Crippen LogP contribution < -0.4 is 10.6 Å². The van der Waals surface area contributed by atoms with Gasteiger partial charge in [-0.25, -0.2) is 0 Å². The monoisotopic (exact) mass is 362 g/mol. The van der Waals surface area contributed by atoms with Crippen molar-refractivity contribution < 1.29 is 24.2 Å². The van der Waals surface area contributed by atoms with E-state index in [4.69, 9.17) is 4.74 Å². The Balaban J connectivity index is 2.01. The molecule has 2 amide bonds. The molecule has 1 unspecified atom stereocenters. The van der Waals surface area contributed by atoms with Crippen molar-refractivity contribution in [2.45, 2.75) is 45.6 Å². The molecule has 1 aromatic carbocycles. The fraction of sp³-hybridized carbons (Fsp3) is 0.526. The summed E-state index contributed by atoms with van der Waals surface area (Å²) in [5.41, 5.74) is -0.100. The molecule has 0 aromatic heterocycles. The third-order valence-corrected chi connectivity index (χ3v) is 5.01. The summed E-state index contributed by atoms with van der Waals surface area (Å²) >= 11 is 0. The van der Waals surface area contributed by atoms with E-state index in [1.54, 1.807) is 38.1 Å². The van der Waals surface area contributed by atoms with Crippen LogP contribution in [0, 0.1) is 5.41 Å². The summed E-state index contributed by atoms with van der Waals surface area (Å²) in [6, 6.07) is 6.56. The molecule has 0 aliphatic carbocycles. The number of amides is 2. The Morgan fingerprint density at radius 3 is 2.58 bits per heavy atom. The summed E-state index contributed by atoms with van der Waals surface area (Å²) in [5, 5.41) is 14.9. The topological polar surface area (TPSA) is 105 Å². The van der Waals surface area contributed by atoms with Gasteiger partial charge in [-0.05, 0) is 43.9 Å². The molecule has 142 valence electrons. The van der Waals surface area contributed by atoms with Crippen LogP contribution in [0.1, 0.15) is 49.9 Å². The first-order valence-corrected chi connectivity index (χ1v) is 8.96. The summed E-state index contributed by atoms with van der Waals surface area (Å²) in [4.78, 5) is 36.0. The smallest absolute Gasteiger partial charge is 0.311 e. The number of rotatable bonds is 8. The largest absolute Gasteiger partial charge is 0.481 e. The molecule has 7 nitrogen and oxygen atoms in total. The first kappa shape index (κ1) is 19.9. The van der Waals surface area contributed by atoms with Gasteiger partial charge in [-0.1, -0.05) is 19.9 Å². The number of nitrogens with one attached hydrogen (secondary N) is 2. The quantitative estimate of drug-likeness (QED) is 0.659. The Hall–Kier alpha value is -2.41. The van der Waals surface area contributed by atoms with E-state index in [9.17, 15) is 19.5 Å². The lowest BCUT2D eigenvalue weighted by Crippen LogP contribution is -2.42. The van der Waals surface area contributed by atoms with E-state index >= 15 is 0 Å². The fourth-order valence-electron chi connectivity index (χ4n) is 2.97. The summed E-state index contributed by atoms with van der Waals surface area (Å²) in [5.74, 6) is -1.51. The molecule has 1 heterocycles. The molecule has 7 heteroatoms. The fourth-order valence-corrected chi connectivity index (χ4v) is 2.97. The third-order valence-electron chi connectivity index (χ3n) is 5.01. The molecule has 1 fully saturated rings. The van der Waals surface area contributed by atoms with Gasteiger partial charge in [-0.3, -0.25) is 14.4 Å². The Morgan fingerprint density at radius 1 is 1.27 bits per heavy atom. The zero-order valence-corrected chi connectivity index (χ0v) is 15.2. The van der Waals surface area contributed by atoms with Gasteiger partial charge in [0.05, 0.1) is 5.41 Å². The van der Waals surface area contributed by atoms with E-state index < -0.39 is 17.5 Å². The van der Waals surface area contributed by atoms with Gasteiger partial charge in [0.1, 0.15) is 6.10 Å². The maximum Gasteiger partial charge on any atom is 0.311 e. The molecule has 3 N–H and O–H groups in total. The van der Waals surface area contributed by atoms with E-state index in [2.05, 4.69) is 10.6 Å². The molecule has 1 aromatic rings.